The summed E-state index contributed by atoms with van der Waals surface area (Å²) in [5.41, 5.74) is 1.44. The number of rotatable bonds is 4. The Labute approximate surface area is 168 Å². The molecule has 4 rings (SSSR count). The third-order valence-electron chi connectivity index (χ3n) is 4.86. The molecule has 8 heteroatoms. The molecule has 1 aromatic carbocycles. The lowest BCUT2D eigenvalue weighted by Crippen LogP contribution is -2.33. The summed E-state index contributed by atoms with van der Waals surface area (Å²) in [4.78, 5) is 17.0. The highest BCUT2D eigenvalue weighted by atomic mass is 35.5. The summed E-state index contributed by atoms with van der Waals surface area (Å²) >= 11 is 6.45. The second kappa shape index (κ2) is 8.39. The lowest BCUT2D eigenvalue weighted by molar-refractivity contribution is 0.636. The molecule has 0 saturated carbocycles. The Bertz CT molecular complexity index is 979. The van der Waals surface area contributed by atoms with Crippen LogP contribution in [0.25, 0.3) is 0 Å². The molecule has 0 aliphatic carbocycles. The summed E-state index contributed by atoms with van der Waals surface area (Å²) in [5, 5.41) is 12.7. The van der Waals surface area contributed by atoms with Crippen molar-refractivity contribution in [2.75, 3.05) is 36.0 Å². The van der Waals surface area contributed by atoms with Crippen LogP contribution >= 0.6 is 11.6 Å². The van der Waals surface area contributed by atoms with Crippen molar-refractivity contribution >= 4 is 23.1 Å². The number of benzene rings is 1. The smallest absolute Gasteiger partial charge is 0.287 e. The minimum atomic E-state index is -0.266. The Hall–Kier alpha value is -2.93. The van der Waals surface area contributed by atoms with Crippen molar-refractivity contribution in [1.82, 2.24) is 20.0 Å². The van der Waals surface area contributed by atoms with Gasteiger partial charge in [0, 0.05) is 32.4 Å². The Morgan fingerprint density at radius 2 is 1.75 bits per heavy atom. The van der Waals surface area contributed by atoms with E-state index < -0.39 is 0 Å². The topological polar surface area (TPSA) is 67.2 Å². The van der Waals surface area contributed by atoms with Gasteiger partial charge in [-0.2, -0.15) is 10.2 Å². The van der Waals surface area contributed by atoms with Crippen LogP contribution in [0.15, 0.2) is 59.7 Å². The summed E-state index contributed by atoms with van der Waals surface area (Å²) in [6, 6.07) is 13.6. The normalized spacial score (nSPS) is 14.8. The van der Waals surface area contributed by atoms with Gasteiger partial charge in [0.1, 0.15) is 5.02 Å². The molecular weight excluding hydrogens is 376 g/mol. The van der Waals surface area contributed by atoms with Gasteiger partial charge in [-0.3, -0.25) is 4.79 Å². The van der Waals surface area contributed by atoms with Crippen molar-refractivity contribution in [3.05, 3.63) is 75.8 Å². The molecule has 7 nitrogen and oxygen atoms in total. The van der Waals surface area contributed by atoms with Crippen molar-refractivity contribution in [3.8, 4) is 0 Å². The van der Waals surface area contributed by atoms with E-state index in [0.717, 1.165) is 44.0 Å². The number of anilines is 2. The van der Waals surface area contributed by atoms with Gasteiger partial charge in [0.25, 0.3) is 5.56 Å². The fourth-order valence-electron chi connectivity index (χ4n) is 3.40. The first-order chi connectivity index (χ1) is 13.7. The van der Waals surface area contributed by atoms with Crippen molar-refractivity contribution in [2.24, 2.45) is 0 Å². The summed E-state index contributed by atoms with van der Waals surface area (Å²) in [6.45, 7) is 3.61. The van der Waals surface area contributed by atoms with E-state index in [0.29, 0.717) is 12.2 Å². The van der Waals surface area contributed by atoms with Gasteiger partial charge in [-0.15, -0.1) is 5.10 Å². The molecule has 1 saturated heterocycles. The predicted molar refractivity (Wildman–Crippen MR) is 110 cm³/mol. The molecule has 0 spiro atoms. The Balaban J connectivity index is 1.51. The highest BCUT2D eigenvalue weighted by Gasteiger charge is 2.20. The van der Waals surface area contributed by atoms with Crippen molar-refractivity contribution in [2.45, 2.75) is 13.0 Å². The van der Waals surface area contributed by atoms with Crippen LogP contribution in [0.4, 0.5) is 11.5 Å². The van der Waals surface area contributed by atoms with Gasteiger partial charge in [-0.05, 0) is 24.1 Å². The molecule has 2 aromatic heterocycles. The SMILES string of the molecule is O=c1c(Cl)c(N2CCCN(c3cccnn3)CC2)cnn1Cc1ccccc1. The largest absolute Gasteiger partial charge is 0.367 e. The molecular formula is C20H21ClN6O. The zero-order valence-electron chi connectivity index (χ0n) is 15.4. The summed E-state index contributed by atoms with van der Waals surface area (Å²) in [6.07, 6.45) is 4.30. The van der Waals surface area contributed by atoms with Gasteiger partial charge in [-0.25, -0.2) is 4.68 Å². The van der Waals surface area contributed by atoms with E-state index in [2.05, 4.69) is 25.1 Å². The van der Waals surface area contributed by atoms with Crippen LogP contribution in [-0.2, 0) is 6.54 Å². The fraction of sp³-hybridized carbons (Fsp3) is 0.300. The van der Waals surface area contributed by atoms with Crippen LogP contribution in [0.5, 0.6) is 0 Å². The van der Waals surface area contributed by atoms with Crippen molar-refractivity contribution < 1.29 is 0 Å². The van der Waals surface area contributed by atoms with E-state index in [1.165, 1.54) is 4.68 Å². The number of hydrogen-bond donors (Lipinski definition) is 0. The maximum atomic E-state index is 12.7. The zero-order valence-corrected chi connectivity index (χ0v) is 16.2. The van der Waals surface area contributed by atoms with Gasteiger partial charge < -0.3 is 9.80 Å². The van der Waals surface area contributed by atoms with Crippen LogP contribution < -0.4 is 15.4 Å². The van der Waals surface area contributed by atoms with E-state index in [1.54, 1.807) is 12.4 Å². The Morgan fingerprint density at radius 3 is 2.54 bits per heavy atom. The van der Waals surface area contributed by atoms with Crippen LogP contribution in [0.3, 0.4) is 0 Å². The molecule has 0 bridgehead atoms. The van der Waals surface area contributed by atoms with Gasteiger partial charge >= 0.3 is 0 Å². The van der Waals surface area contributed by atoms with Crippen LogP contribution in [-0.4, -0.2) is 46.2 Å². The van der Waals surface area contributed by atoms with Crippen LogP contribution in [0, 0.1) is 0 Å². The maximum Gasteiger partial charge on any atom is 0.287 e. The molecule has 3 heterocycles. The van der Waals surface area contributed by atoms with Gasteiger partial charge in [0.05, 0.1) is 18.4 Å². The quantitative estimate of drug-likeness (QED) is 0.674. The summed E-state index contributed by atoms with van der Waals surface area (Å²) < 4.78 is 1.41. The van der Waals surface area contributed by atoms with E-state index >= 15 is 0 Å². The lowest BCUT2D eigenvalue weighted by atomic mass is 10.2. The molecule has 1 aliphatic heterocycles. The molecule has 0 unspecified atom stereocenters. The van der Waals surface area contributed by atoms with Crippen LogP contribution in [0.1, 0.15) is 12.0 Å². The predicted octanol–water partition coefficient (Wildman–Crippen LogP) is 2.45. The van der Waals surface area contributed by atoms with Gasteiger partial charge in [0.15, 0.2) is 5.82 Å². The van der Waals surface area contributed by atoms with Gasteiger partial charge in [0.2, 0.25) is 0 Å². The van der Waals surface area contributed by atoms with E-state index in [-0.39, 0.29) is 10.6 Å². The third kappa shape index (κ3) is 3.99. The molecule has 0 N–H and O–H groups in total. The molecule has 1 fully saturated rings. The second-order valence-corrected chi connectivity index (χ2v) is 7.08. The fourth-order valence-corrected chi connectivity index (χ4v) is 3.66. The maximum absolute atomic E-state index is 12.7. The molecule has 28 heavy (non-hydrogen) atoms. The first-order valence-corrected chi connectivity index (χ1v) is 9.67. The molecule has 0 amide bonds. The average Bonchev–Trinajstić information content (AvgIpc) is 2.99. The monoisotopic (exact) mass is 396 g/mol. The number of aromatic nitrogens is 4. The second-order valence-electron chi connectivity index (χ2n) is 6.70. The van der Waals surface area contributed by atoms with Crippen LogP contribution in [0.2, 0.25) is 5.02 Å². The zero-order chi connectivity index (χ0) is 19.3. The number of hydrogen-bond acceptors (Lipinski definition) is 6. The highest BCUT2D eigenvalue weighted by Crippen LogP contribution is 2.23. The number of nitrogens with zero attached hydrogens (tertiary/aromatic N) is 6. The minimum absolute atomic E-state index is 0.221. The van der Waals surface area contributed by atoms with Crippen molar-refractivity contribution in [1.29, 1.82) is 0 Å². The summed E-state index contributed by atoms with van der Waals surface area (Å²) in [5.74, 6) is 0.867. The molecule has 0 atom stereocenters. The molecule has 3 aromatic rings. The lowest BCUT2D eigenvalue weighted by Gasteiger charge is -2.24. The van der Waals surface area contributed by atoms with E-state index in [9.17, 15) is 4.79 Å². The summed E-state index contributed by atoms with van der Waals surface area (Å²) in [7, 11) is 0. The molecule has 1 aliphatic rings. The van der Waals surface area contributed by atoms with E-state index in [1.807, 2.05) is 42.5 Å². The highest BCUT2D eigenvalue weighted by molar-refractivity contribution is 6.33. The minimum Gasteiger partial charge on any atom is -0.367 e. The molecule has 144 valence electrons. The number of halogens is 1. The average molecular weight is 397 g/mol. The van der Waals surface area contributed by atoms with E-state index in [4.69, 9.17) is 11.6 Å². The Kier molecular flexibility index (Phi) is 5.53. The Morgan fingerprint density at radius 1 is 0.964 bits per heavy atom. The standard InChI is InChI=1S/C20H21ClN6O/c21-19-17(14-23-27(20(19)28)15-16-6-2-1-3-7-16)25-10-5-11-26(13-12-25)18-8-4-9-22-24-18/h1-4,6-9,14H,5,10-13,15H2. The first-order valence-electron chi connectivity index (χ1n) is 9.29. The van der Waals surface area contributed by atoms with Crippen molar-refractivity contribution in [3.63, 3.8) is 0 Å². The van der Waals surface area contributed by atoms with Gasteiger partial charge in [-0.1, -0.05) is 41.9 Å². The first kappa shape index (κ1) is 18.4. The molecule has 0 radical (unpaired) electrons. The third-order valence-corrected chi connectivity index (χ3v) is 5.22.